The highest BCUT2D eigenvalue weighted by molar-refractivity contribution is 5.85. The Hall–Kier alpha value is -1.10. The summed E-state index contributed by atoms with van der Waals surface area (Å²) in [5, 5.41) is 5.38. The van der Waals surface area contributed by atoms with Gasteiger partial charge in [-0.05, 0) is 18.3 Å². The minimum atomic E-state index is -0.206. The van der Waals surface area contributed by atoms with E-state index >= 15 is 0 Å². The van der Waals surface area contributed by atoms with E-state index in [0.29, 0.717) is 24.9 Å². The van der Waals surface area contributed by atoms with Crippen molar-refractivity contribution in [2.75, 3.05) is 19.6 Å². The number of hydrogen-bond acceptors (Lipinski definition) is 3. The molecule has 0 saturated heterocycles. The standard InChI is InChI=1S/C13H27N3O2/c1-9(2)5-11(6-14)13(18)16-8-12(17)15-7-10(3)4/h9-11H,5-8,14H2,1-4H3,(H,15,17)(H,16,18). The molecule has 5 heteroatoms. The molecule has 0 radical (unpaired) electrons. The second-order valence-electron chi connectivity index (χ2n) is 5.48. The maximum Gasteiger partial charge on any atom is 0.239 e. The van der Waals surface area contributed by atoms with Crippen LogP contribution in [0.1, 0.15) is 34.1 Å². The van der Waals surface area contributed by atoms with Gasteiger partial charge in [0, 0.05) is 13.1 Å². The fraction of sp³-hybridized carbons (Fsp3) is 0.846. The highest BCUT2D eigenvalue weighted by Gasteiger charge is 2.18. The van der Waals surface area contributed by atoms with E-state index in [0.717, 1.165) is 6.42 Å². The van der Waals surface area contributed by atoms with E-state index in [4.69, 9.17) is 5.73 Å². The Bertz CT molecular complexity index is 265. The van der Waals surface area contributed by atoms with Crippen molar-refractivity contribution in [3.63, 3.8) is 0 Å². The van der Waals surface area contributed by atoms with Crippen molar-refractivity contribution < 1.29 is 9.59 Å². The second-order valence-corrected chi connectivity index (χ2v) is 5.48. The van der Waals surface area contributed by atoms with Crippen LogP contribution in [0.5, 0.6) is 0 Å². The summed E-state index contributed by atoms with van der Waals surface area (Å²) in [6.07, 6.45) is 0.746. The van der Waals surface area contributed by atoms with Gasteiger partial charge in [-0.1, -0.05) is 27.7 Å². The zero-order valence-electron chi connectivity index (χ0n) is 12.0. The lowest BCUT2D eigenvalue weighted by atomic mass is 9.96. The highest BCUT2D eigenvalue weighted by atomic mass is 16.2. The van der Waals surface area contributed by atoms with Gasteiger partial charge in [-0.2, -0.15) is 0 Å². The predicted molar refractivity (Wildman–Crippen MR) is 72.9 cm³/mol. The van der Waals surface area contributed by atoms with Crippen LogP contribution < -0.4 is 16.4 Å². The molecule has 1 unspecified atom stereocenters. The van der Waals surface area contributed by atoms with Gasteiger partial charge in [0.2, 0.25) is 11.8 Å². The van der Waals surface area contributed by atoms with Crippen molar-refractivity contribution in [2.45, 2.75) is 34.1 Å². The molecule has 0 aromatic carbocycles. The average molecular weight is 257 g/mol. The van der Waals surface area contributed by atoms with E-state index < -0.39 is 0 Å². The molecule has 0 heterocycles. The summed E-state index contributed by atoms with van der Waals surface area (Å²) in [4.78, 5) is 23.2. The van der Waals surface area contributed by atoms with Crippen LogP contribution in [0.15, 0.2) is 0 Å². The first-order valence-electron chi connectivity index (χ1n) is 6.61. The van der Waals surface area contributed by atoms with Crippen molar-refractivity contribution in [1.29, 1.82) is 0 Å². The van der Waals surface area contributed by atoms with E-state index in [-0.39, 0.29) is 24.3 Å². The summed E-state index contributed by atoms with van der Waals surface area (Å²) in [6, 6.07) is 0. The SMILES string of the molecule is CC(C)CNC(=O)CNC(=O)C(CN)CC(C)C. The molecule has 0 aliphatic carbocycles. The normalized spacial score (nSPS) is 12.6. The van der Waals surface area contributed by atoms with E-state index in [2.05, 4.69) is 10.6 Å². The number of nitrogens with two attached hydrogens (primary N) is 1. The summed E-state index contributed by atoms with van der Waals surface area (Å²) in [6.45, 7) is 9.10. The lowest BCUT2D eigenvalue weighted by Crippen LogP contribution is -2.42. The number of carbonyl (C=O) groups excluding carboxylic acids is 2. The molecule has 0 aliphatic heterocycles. The summed E-state index contributed by atoms with van der Waals surface area (Å²) < 4.78 is 0. The van der Waals surface area contributed by atoms with E-state index in [1.165, 1.54) is 0 Å². The number of rotatable bonds is 8. The number of nitrogens with one attached hydrogen (secondary N) is 2. The van der Waals surface area contributed by atoms with Gasteiger partial charge in [-0.25, -0.2) is 0 Å². The second kappa shape index (κ2) is 8.91. The molecule has 0 rings (SSSR count). The van der Waals surface area contributed by atoms with Crippen molar-refractivity contribution in [1.82, 2.24) is 10.6 Å². The summed E-state index contributed by atoms with van der Waals surface area (Å²) in [5.74, 6) is 0.326. The fourth-order valence-corrected chi connectivity index (χ4v) is 1.57. The Balaban J connectivity index is 3.96. The fourth-order valence-electron chi connectivity index (χ4n) is 1.57. The predicted octanol–water partition coefficient (Wildman–Crippen LogP) is 0.496. The molecule has 0 aromatic rings. The molecule has 0 saturated carbocycles. The van der Waals surface area contributed by atoms with E-state index in [1.54, 1.807) is 0 Å². The number of amides is 2. The Labute approximate surface area is 110 Å². The van der Waals surface area contributed by atoms with Gasteiger partial charge in [0.05, 0.1) is 12.5 Å². The molecule has 18 heavy (non-hydrogen) atoms. The van der Waals surface area contributed by atoms with Crippen LogP contribution in [0.25, 0.3) is 0 Å². The molecular weight excluding hydrogens is 230 g/mol. The van der Waals surface area contributed by atoms with Crippen LogP contribution in [0, 0.1) is 17.8 Å². The molecule has 4 N–H and O–H groups in total. The Kier molecular flexibility index (Phi) is 8.37. The van der Waals surface area contributed by atoms with Crippen LogP contribution in [-0.4, -0.2) is 31.4 Å². The van der Waals surface area contributed by atoms with Gasteiger partial charge in [-0.15, -0.1) is 0 Å². The molecule has 0 aliphatic rings. The van der Waals surface area contributed by atoms with Crippen LogP contribution in [0.4, 0.5) is 0 Å². The Morgan fingerprint density at radius 3 is 2.11 bits per heavy atom. The third-order valence-corrected chi connectivity index (χ3v) is 2.54. The largest absolute Gasteiger partial charge is 0.354 e. The first-order chi connectivity index (χ1) is 8.36. The van der Waals surface area contributed by atoms with Gasteiger partial charge >= 0.3 is 0 Å². The number of carbonyl (C=O) groups is 2. The van der Waals surface area contributed by atoms with Gasteiger partial charge < -0.3 is 16.4 Å². The summed E-state index contributed by atoms with van der Waals surface area (Å²) in [7, 11) is 0. The molecule has 106 valence electrons. The zero-order valence-corrected chi connectivity index (χ0v) is 12.0. The van der Waals surface area contributed by atoms with Crippen molar-refractivity contribution in [3.8, 4) is 0 Å². The minimum Gasteiger partial charge on any atom is -0.354 e. The molecule has 0 spiro atoms. The van der Waals surface area contributed by atoms with Crippen LogP contribution in [0.3, 0.4) is 0 Å². The first kappa shape index (κ1) is 16.9. The van der Waals surface area contributed by atoms with Gasteiger partial charge in [0.15, 0.2) is 0 Å². The third-order valence-electron chi connectivity index (χ3n) is 2.54. The van der Waals surface area contributed by atoms with E-state index in [1.807, 2.05) is 27.7 Å². The summed E-state index contributed by atoms with van der Waals surface area (Å²) >= 11 is 0. The molecule has 0 aromatic heterocycles. The third kappa shape index (κ3) is 8.06. The Morgan fingerprint density at radius 1 is 1.06 bits per heavy atom. The Morgan fingerprint density at radius 2 is 1.67 bits per heavy atom. The maximum absolute atomic E-state index is 11.8. The van der Waals surface area contributed by atoms with Crippen molar-refractivity contribution in [3.05, 3.63) is 0 Å². The van der Waals surface area contributed by atoms with Crippen LogP contribution >= 0.6 is 0 Å². The molecule has 1 atom stereocenters. The van der Waals surface area contributed by atoms with Crippen LogP contribution in [-0.2, 0) is 9.59 Å². The van der Waals surface area contributed by atoms with Crippen molar-refractivity contribution in [2.24, 2.45) is 23.5 Å². The van der Waals surface area contributed by atoms with Gasteiger partial charge in [-0.3, -0.25) is 9.59 Å². The molecule has 2 amide bonds. The van der Waals surface area contributed by atoms with Crippen molar-refractivity contribution >= 4 is 11.8 Å². The number of hydrogen-bond donors (Lipinski definition) is 3. The van der Waals surface area contributed by atoms with Gasteiger partial charge in [0.1, 0.15) is 0 Å². The average Bonchev–Trinajstić information content (AvgIpc) is 2.29. The highest BCUT2D eigenvalue weighted by Crippen LogP contribution is 2.10. The first-order valence-corrected chi connectivity index (χ1v) is 6.61. The molecule has 5 nitrogen and oxygen atoms in total. The quantitative estimate of drug-likeness (QED) is 0.592. The lowest BCUT2D eigenvalue weighted by Gasteiger charge is -2.16. The minimum absolute atomic E-state index is 0.0279. The molecular formula is C13H27N3O2. The smallest absolute Gasteiger partial charge is 0.239 e. The summed E-state index contributed by atoms with van der Waals surface area (Å²) in [5.41, 5.74) is 5.57. The zero-order chi connectivity index (χ0) is 14.1. The lowest BCUT2D eigenvalue weighted by molar-refractivity contribution is -0.128. The topological polar surface area (TPSA) is 84.2 Å². The van der Waals surface area contributed by atoms with E-state index in [9.17, 15) is 9.59 Å². The maximum atomic E-state index is 11.8. The van der Waals surface area contributed by atoms with Crippen LogP contribution in [0.2, 0.25) is 0 Å². The molecule has 0 bridgehead atoms. The monoisotopic (exact) mass is 257 g/mol. The van der Waals surface area contributed by atoms with Gasteiger partial charge in [0.25, 0.3) is 0 Å². The molecule has 0 fully saturated rings.